The van der Waals surface area contributed by atoms with Gasteiger partial charge >= 0.3 is 0 Å². The number of aromatic nitrogens is 3. The molecule has 1 fully saturated rings. The van der Waals surface area contributed by atoms with Gasteiger partial charge in [0.05, 0.1) is 11.9 Å². The van der Waals surface area contributed by atoms with Crippen molar-refractivity contribution in [3.63, 3.8) is 0 Å². The zero-order chi connectivity index (χ0) is 15.6. The number of aryl methyl sites for hydroxylation is 1. The minimum absolute atomic E-state index is 0.694. The summed E-state index contributed by atoms with van der Waals surface area (Å²) in [5.74, 6) is 1.54. The molecule has 0 aromatic carbocycles. The minimum atomic E-state index is 0.694. The number of fused-ring (bicyclic) bond motifs is 1. The predicted octanol–water partition coefficient (Wildman–Crippen LogP) is 5.06. The fourth-order valence-electron chi connectivity index (χ4n) is 3.54. The quantitative estimate of drug-likeness (QED) is 0.711. The highest BCUT2D eigenvalue weighted by molar-refractivity contribution is 5.82. The summed E-state index contributed by atoms with van der Waals surface area (Å²) in [4.78, 5) is 12.4. The summed E-state index contributed by atoms with van der Waals surface area (Å²) in [6.45, 7) is 1.99. The molecule has 0 atom stereocenters. The molecule has 0 radical (unpaired) electrons. The first-order valence-electron chi connectivity index (χ1n) is 8.47. The molecule has 0 spiro atoms. The van der Waals surface area contributed by atoms with Crippen molar-refractivity contribution in [3.8, 4) is 0 Å². The van der Waals surface area contributed by atoms with Gasteiger partial charge in [-0.2, -0.15) is 0 Å². The van der Waals surface area contributed by atoms with Crippen molar-refractivity contribution in [2.24, 2.45) is 0 Å². The Balaban J connectivity index is 1.60. The highest BCUT2D eigenvalue weighted by Crippen LogP contribution is 2.36. The van der Waals surface area contributed by atoms with Crippen LogP contribution in [-0.2, 0) is 0 Å². The van der Waals surface area contributed by atoms with E-state index >= 15 is 0 Å². The molecule has 1 saturated carbocycles. The fraction of sp³-hybridized carbons (Fsp3) is 0.368. The Labute approximate surface area is 136 Å². The lowest BCUT2D eigenvalue weighted by molar-refractivity contribution is 0.445. The van der Waals surface area contributed by atoms with Crippen LogP contribution < -0.4 is 5.32 Å². The maximum absolute atomic E-state index is 4.71. The van der Waals surface area contributed by atoms with Gasteiger partial charge in [-0.25, -0.2) is 4.98 Å². The second kappa shape index (κ2) is 6.03. The average Bonchev–Trinajstić information content (AvgIpc) is 3.01. The van der Waals surface area contributed by atoms with Gasteiger partial charge in [0.15, 0.2) is 0 Å². The smallest absolute Gasteiger partial charge is 0.140 e. The van der Waals surface area contributed by atoms with Gasteiger partial charge in [-0.15, -0.1) is 0 Å². The summed E-state index contributed by atoms with van der Waals surface area (Å²) in [5, 5.41) is 4.59. The van der Waals surface area contributed by atoms with E-state index in [9.17, 15) is 0 Å². The van der Waals surface area contributed by atoms with E-state index in [0.717, 1.165) is 22.8 Å². The second-order valence-corrected chi connectivity index (χ2v) is 6.48. The third-order valence-corrected chi connectivity index (χ3v) is 4.80. The van der Waals surface area contributed by atoms with Crippen molar-refractivity contribution in [1.82, 2.24) is 15.0 Å². The second-order valence-electron chi connectivity index (χ2n) is 6.48. The van der Waals surface area contributed by atoms with Gasteiger partial charge < -0.3 is 10.3 Å². The van der Waals surface area contributed by atoms with Gasteiger partial charge in [0.2, 0.25) is 0 Å². The van der Waals surface area contributed by atoms with Crippen LogP contribution in [0.4, 0.5) is 11.5 Å². The molecular weight excluding hydrogens is 284 g/mol. The summed E-state index contributed by atoms with van der Waals surface area (Å²) in [6, 6.07) is 8.27. The van der Waals surface area contributed by atoms with Crippen LogP contribution in [0.15, 0.2) is 36.7 Å². The van der Waals surface area contributed by atoms with Crippen LogP contribution in [0.5, 0.6) is 0 Å². The maximum Gasteiger partial charge on any atom is 0.140 e. The van der Waals surface area contributed by atoms with Crippen molar-refractivity contribution >= 4 is 22.5 Å². The first kappa shape index (κ1) is 14.2. The van der Waals surface area contributed by atoms with E-state index in [1.807, 2.05) is 25.3 Å². The Morgan fingerprint density at radius 2 is 1.96 bits per heavy atom. The molecular formula is C19H22N4. The molecule has 1 aliphatic carbocycles. The monoisotopic (exact) mass is 306 g/mol. The van der Waals surface area contributed by atoms with Crippen LogP contribution >= 0.6 is 0 Å². The van der Waals surface area contributed by atoms with Crippen LogP contribution in [0, 0.1) is 6.92 Å². The zero-order valence-corrected chi connectivity index (χ0v) is 13.5. The zero-order valence-electron chi connectivity index (χ0n) is 13.5. The van der Waals surface area contributed by atoms with E-state index in [4.69, 9.17) is 4.98 Å². The van der Waals surface area contributed by atoms with Gasteiger partial charge in [-0.1, -0.05) is 19.3 Å². The van der Waals surface area contributed by atoms with Crippen LogP contribution in [0.25, 0.3) is 11.0 Å². The maximum atomic E-state index is 4.71. The summed E-state index contributed by atoms with van der Waals surface area (Å²) in [7, 11) is 0. The van der Waals surface area contributed by atoms with Crippen molar-refractivity contribution < 1.29 is 0 Å². The summed E-state index contributed by atoms with van der Waals surface area (Å²) in [5.41, 5.74) is 4.38. The molecule has 1 aliphatic rings. The van der Waals surface area contributed by atoms with Gasteiger partial charge in [0.1, 0.15) is 11.5 Å². The number of pyridine rings is 2. The third kappa shape index (κ3) is 2.93. The van der Waals surface area contributed by atoms with Gasteiger partial charge in [0.25, 0.3) is 0 Å². The Bertz CT molecular complexity index is 798. The Kier molecular flexibility index (Phi) is 3.74. The highest BCUT2D eigenvalue weighted by Gasteiger charge is 2.19. The molecule has 4 nitrogen and oxygen atoms in total. The van der Waals surface area contributed by atoms with Crippen LogP contribution in [-0.4, -0.2) is 15.0 Å². The normalized spacial score (nSPS) is 15.9. The molecule has 3 aromatic heterocycles. The topological polar surface area (TPSA) is 53.6 Å². The van der Waals surface area contributed by atoms with E-state index in [1.54, 1.807) is 0 Å². The number of nitrogens with one attached hydrogen (secondary N) is 2. The Morgan fingerprint density at radius 1 is 1.09 bits per heavy atom. The molecule has 23 heavy (non-hydrogen) atoms. The third-order valence-electron chi connectivity index (χ3n) is 4.80. The summed E-state index contributed by atoms with van der Waals surface area (Å²) < 4.78 is 0. The van der Waals surface area contributed by atoms with Crippen molar-refractivity contribution in [2.45, 2.75) is 44.9 Å². The SMILES string of the molecule is Cc1ccc(Nc2ccc3c(C4CCCCC4)c[nH]c3n2)cn1. The Hall–Kier alpha value is -2.36. The number of nitrogens with zero attached hydrogens (tertiary/aromatic N) is 2. The van der Waals surface area contributed by atoms with Crippen LogP contribution in [0.3, 0.4) is 0 Å². The summed E-state index contributed by atoms with van der Waals surface area (Å²) >= 11 is 0. The molecule has 118 valence electrons. The van der Waals surface area contributed by atoms with Crippen molar-refractivity contribution in [3.05, 3.63) is 47.9 Å². The molecule has 4 heteroatoms. The van der Waals surface area contributed by atoms with E-state index < -0.39 is 0 Å². The molecule has 0 saturated heterocycles. The lowest BCUT2D eigenvalue weighted by atomic mass is 9.84. The van der Waals surface area contributed by atoms with E-state index in [-0.39, 0.29) is 0 Å². The molecule has 3 aromatic rings. The molecule has 0 unspecified atom stereocenters. The number of hydrogen-bond donors (Lipinski definition) is 2. The van der Waals surface area contributed by atoms with Gasteiger partial charge in [-0.3, -0.25) is 4.98 Å². The molecule has 3 heterocycles. The average molecular weight is 306 g/mol. The van der Waals surface area contributed by atoms with Crippen LogP contribution in [0.2, 0.25) is 0 Å². The first-order valence-corrected chi connectivity index (χ1v) is 8.47. The number of rotatable bonds is 3. The lowest BCUT2D eigenvalue weighted by Crippen LogP contribution is -2.03. The summed E-state index contributed by atoms with van der Waals surface area (Å²) in [6.07, 6.45) is 10.7. The lowest BCUT2D eigenvalue weighted by Gasteiger charge is -2.21. The molecule has 0 aliphatic heterocycles. The molecule has 2 N–H and O–H groups in total. The number of aromatic amines is 1. The number of H-pyrrole nitrogens is 1. The van der Waals surface area contributed by atoms with Crippen LogP contribution in [0.1, 0.15) is 49.3 Å². The largest absolute Gasteiger partial charge is 0.346 e. The minimum Gasteiger partial charge on any atom is -0.346 e. The first-order chi connectivity index (χ1) is 11.3. The molecule has 4 rings (SSSR count). The van der Waals surface area contributed by atoms with Crippen molar-refractivity contribution in [1.29, 1.82) is 0 Å². The van der Waals surface area contributed by atoms with E-state index in [2.05, 4.69) is 33.6 Å². The van der Waals surface area contributed by atoms with E-state index in [0.29, 0.717) is 5.92 Å². The van der Waals surface area contributed by atoms with Crippen molar-refractivity contribution in [2.75, 3.05) is 5.32 Å². The molecule has 0 bridgehead atoms. The number of hydrogen-bond acceptors (Lipinski definition) is 3. The fourth-order valence-corrected chi connectivity index (χ4v) is 3.54. The highest BCUT2D eigenvalue weighted by atomic mass is 15.0. The molecule has 0 amide bonds. The van der Waals surface area contributed by atoms with E-state index in [1.165, 1.54) is 43.1 Å². The van der Waals surface area contributed by atoms with Gasteiger partial charge in [-0.05, 0) is 55.5 Å². The predicted molar refractivity (Wildman–Crippen MR) is 94.2 cm³/mol. The van der Waals surface area contributed by atoms with Gasteiger partial charge in [0, 0.05) is 17.3 Å². The number of anilines is 2. The Morgan fingerprint density at radius 3 is 2.74 bits per heavy atom. The standard InChI is InChI=1S/C19H22N4/c1-13-7-8-15(11-20-13)22-18-10-9-16-17(12-21-19(16)23-18)14-5-3-2-4-6-14/h7-12,14H,2-6H2,1H3,(H2,21,22,23).